The van der Waals surface area contributed by atoms with Crippen molar-refractivity contribution in [3.63, 3.8) is 0 Å². The van der Waals surface area contributed by atoms with Crippen LogP contribution in [0.1, 0.15) is 30.1 Å². The van der Waals surface area contributed by atoms with Crippen LogP contribution in [0.25, 0.3) is 0 Å². The number of carbonyl (C=O) groups excluding carboxylic acids is 1. The SMILES string of the molecule is Cc1cc(C(=O)N(CC(N)=NO)C(C)C)on1. The van der Waals surface area contributed by atoms with Gasteiger partial charge in [-0.1, -0.05) is 10.3 Å². The molecule has 1 heterocycles. The fourth-order valence-corrected chi connectivity index (χ4v) is 1.30. The highest BCUT2D eigenvalue weighted by molar-refractivity contribution is 5.95. The third-order valence-corrected chi connectivity index (χ3v) is 2.18. The molecule has 0 radical (unpaired) electrons. The van der Waals surface area contributed by atoms with E-state index in [1.807, 2.05) is 13.8 Å². The van der Waals surface area contributed by atoms with Crippen molar-refractivity contribution in [2.75, 3.05) is 6.54 Å². The Balaban J connectivity index is 2.88. The van der Waals surface area contributed by atoms with E-state index in [1.54, 1.807) is 13.0 Å². The Labute approximate surface area is 98.9 Å². The number of hydrogen-bond acceptors (Lipinski definition) is 5. The number of nitrogens with zero attached hydrogens (tertiary/aromatic N) is 3. The van der Waals surface area contributed by atoms with Crippen LogP contribution in [-0.4, -0.2) is 39.6 Å². The van der Waals surface area contributed by atoms with Gasteiger partial charge >= 0.3 is 0 Å². The molecular weight excluding hydrogens is 224 g/mol. The van der Waals surface area contributed by atoms with E-state index in [2.05, 4.69) is 10.3 Å². The first-order valence-electron chi connectivity index (χ1n) is 5.16. The Hall–Kier alpha value is -2.05. The summed E-state index contributed by atoms with van der Waals surface area (Å²) in [7, 11) is 0. The van der Waals surface area contributed by atoms with Gasteiger partial charge < -0.3 is 20.4 Å². The van der Waals surface area contributed by atoms with Crippen molar-refractivity contribution in [1.29, 1.82) is 0 Å². The average Bonchev–Trinajstić information content (AvgIpc) is 2.71. The number of carbonyl (C=O) groups is 1. The zero-order valence-electron chi connectivity index (χ0n) is 10.0. The van der Waals surface area contributed by atoms with Gasteiger partial charge in [0.2, 0.25) is 5.76 Å². The maximum atomic E-state index is 12.1. The van der Waals surface area contributed by atoms with E-state index < -0.39 is 0 Å². The zero-order chi connectivity index (χ0) is 13.0. The minimum absolute atomic E-state index is 0.0345. The summed E-state index contributed by atoms with van der Waals surface area (Å²) >= 11 is 0. The van der Waals surface area contributed by atoms with Crippen LogP contribution >= 0.6 is 0 Å². The van der Waals surface area contributed by atoms with E-state index in [0.717, 1.165) is 0 Å². The summed E-state index contributed by atoms with van der Waals surface area (Å²) in [6.07, 6.45) is 0. The standard InChI is InChI=1S/C10H16N4O3/c1-6(2)14(5-9(11)12-16)10(15)8-4-7(3)13-17-8/h4,6,16H,5H2,1-3H3,(H2,11,12). The third-order valence-electron chi connectivity index (χ3n) is 2.18. The molecule has 0 spiro atoms. The molecule has 7 nitrogen and oxygen atoms in total. The molecule has 1 amide bonds. The van der Waals surface area contributed by atoms with Crippen LogP contribution in [0.2, 0.25) is 0 Å². The Morgan fingerprint density at radius 3 is 2.76 bits per heavy atom. The lowest BCUT2D eigenvalue weighted by atomic mass is 10.2. The fraction of sp³-hybridized carbons (Fsp3) is 0.500. The highest BCUT2D eigenvalue weighted by Crippen LogP contribution is 2.09. The molecule has 0 saturated carbocycles. The minimum atomic E-state index is -0.341. The topological polar surface area (TPSA) is 105 Å². The number of nitrogens with two attached hydrogens (primary N) is 1. The Kier molecular flexibility index (Phi) is 4.08. The third kappa shape index (κ3) is 3.20. The van der Waals surface area contributed by atoms with Gasteiger partial charge in [0.05, 0.1) is 12.2 Å². The van der Waals surface area contributed by atoms with E-state index >= 15 is 0 Å². The molecule has 1 aromatic rings. The predicted octanol–water partition coefficient (Wildman–Crippen LogP) is 0.580. The van der Waals surface area contributed by atoms with E-state index in [0.29, 0.717) is 5.69 Å². The molecule has 94 valence electrons. The highest BCUT2D eigenvalue weighted by Gasteiger charge is 2.23. The molecule has 0 aromatic carbocycles. The second-order valence-electron chi connectivity index (χ2n) is 3.95. The Morgan fingerprint density at radius 2 is 2.35 bits per heavy atom. The highest BCUT2D eigenvalue weighted by atomic mass is 16.5. The van der Waals surface area contributed by atoms with Crippen LogP contribution in [-0.2, 0) is 0 Å². The smallest absolute Gasteiger partial charge is 0.293 e. The van der Waals surface area contributed by atoms with Crippen LogP contribution in [0, 0.1) is 6.92 Å². The molecule has 17 heavy (non-hydrogen) atoms. The number of rotatable bonds is 4. The average molecular weight is 240 g/mol. The first-order valence-corrected chi connectivity index (χ1v) is 5.16. The Morgan fingerprint density at radius 1 is 1.71 bits per heavy atom. The lowest BCUT2D eigenvalue weighted by molar-refractivity contribution is 0.0691. The van der Waals surface area contributed by atoms with E-state index in [1.165, 1.54) is 4.90 Å². The number of oxime groups is 1. The molecule has 1 aromatic heterocycles. The van der Waals surface area contributed by atoms with Crippen molar-refractivity contribution in [3.05, 3.63) is 17.5 Å². The molecule has 0 unspecified atom stereocenters. The molecule has 0 saturated heterocycles. The summed E-state index contributed by atoms with van der Waals surface area (Å²) in [6, 6.07) is 1.44. The van der Waals surface area contributed by atoms with Crippen molar-refractivity contribution >= 4 is 11.7 Å². The molecule has 7 heteroatoms. The van der Waals surface area contributed by atoms with Gasteiger partial charge in [0.1, 0.15) is 0 Å². The van der Waals surface area contributed by atoms with E-state index in [9.17, 15) is 4.79 Å². The van der Waals surface area contributed by atoms with Gasteiger partial charge in [-0.2, -0.15) is 0 Å². The second-order valence-corrected chi connectivity index (χ2v) is 3.95. The van der Waals surface area contributed by atoms with E-state index in [4.69, 9.17) is 15.5 Å². The quantitative estimate of drug-likeness (QED) is 0.346. The van der Waals surface area contributed by atoms with Crippen molar-refractivity contribution in [2.24, 2.45) is 10.9 Å². The van der Waals surface area contributed by atoms with E-state index in [-0.39, 0.29) is 30.1 Å². The van der Waals surface area contributed by atoms with Gasteiger partial charge in [-0.25, -0.2) is 0 Å². The van der Waals surface area contributed by atoms with Crippen LogP contribution < -0.4 is 5.73 Å². The molecule has 0 atom stereocenters. The number of aryl methyl sites for hydroxylation is 1. The molecule has 0 bridgehead atoms. The molecule has 0 fully saturated rings. The van der Waals surface area contributed by atoms with Crippen molar-refractivity contribution in [3.8, 4) is 0 Å². The van der Waals surface area contributed by atoms with Gasteiger partial charge in [-0.05, 0) is 20.8 Å². The lowest BCUT2D eigenvalue weighted by Gasteiger charge is -2.24. The summed E-state index contributed by atoms with van der Waals surface area (Å²) in [5, 5.41) is 15.0. The van der Waals surface area contributed by atoms with Crippen molar-refractivity contribution < 1.29 is 14.5 Å². The molecule has 3 N–H and O–H groups in total. The maximum Gasteiger partial charge on any atom is 0.293 e. The van der Waals surface area contributed by atoms with Gasteiger partial charge in [0.15, 0.2) is 5.84 Å². The summed E-state index contributed by atoms with van der Waals surface area (Å²) < 4.78 is 4.89. The maximum absolute atomic E-state index is 12.1. The first kappa shape index (κ1) is 13.0. The predicted molar refractivity (Wildman–Crippen MR) is 60.8 cm³/mol. The number of amides is 1. The van der Waals surface area contributed by atoms with Gasteiger partial charge in [0.25, 0.3) is 5.91 Å². The van der Waals surface area contributed by atoms with Crippen LogP contribution in [0.4, 0.5) is 0 Å². The summed E-state index contributed by atoms with van der Waals surface area (Å²) in [6.45, 7) is 5.41. The van der Waals surface area contributed by atoms with Crippen molar-refractivity contribution in [1.82, 2.24) is 10.1 Å². The van der Waals surface area contributed by atoms with Gasteiger partial charge in [-0.3, -0.25) is 4.79 Å². The first-order chi connectivity index (χ1) is 7.95. The Bertz CT molecular complexity index is 425. The molecular formula is C10H16N4O3. The van der Waals surface area contributed by atoms with Gasteiger partial charge in [-0.15, -0.1) is 0 Å². The number of hydrogen-bond donors (Lipinski definition) is 2. The molecule has 1 rings (SSSR count). The van der Waals surface area contributed by atoms with Gasteiger partial charge in [0, 0.05) is 12.1 Å². The monoisotopic (exact) mass is 240 g/mol. The van der Waals surface area contributed by atoms with Crippen LogP contribution in [0.5, 0.6) is 0 Å². The zero-order valence-corrected chi connectivity index (χ0v) is 10.0. The largest absolute Gasteiger partial charge is 0.409 e. The summed E-state index contributed by atoms with van der Waals surface area (Å²) in [5.74, 6) is -0.238. The normalized spacial score (nSPS) is 11.9. The second kappa shape index (κ2) is 5.33. The number of amidine groups is 1. The van der Waals surface area contributed by atoms with Crippen LogP contribution in [0.15, 0.2) is 15.7 Å². The fourth-order valence-electron chi connectivity index (χ4n) is 1.30. The number of aromatic nitrogens is 1. The molecule has 0 aliphatic carbocycles. The van der Waals surface area contributed by atoms with Crippen molar-refractivity contribution in [2.45, 2.75) is 26.8 Å². The summed E-state index contributed by atoms with van der Waals surface area (Å²) in [4.78, 5) is 13.5. The summed E-state index contributed by atoms with van der Waals surface area (Å²) in [5.41, 5.74) is 6.02. The van der Waals surface area contributed by atoms with Crippen LogP contribution in [0.3, 0.4) is 0 Å². The lowest BCUT2D eigenvalue weighted by Crippen LogP contribution is -2.42. The molecule has 0 aliphatic rings. The molecule has 0 aliphatic heterocycles. The minimum Gasteiger partial charge on any atom is -0.409 e.